The molecule has 22 heavy (non-hydrogen) atoms. The van der Waals surface area contributed by atoms with Crippen LogP contribution < -0.4 is 5.32 Å². The van der Waals surface area contributed by atoms with Gasteiger partial charge in [0.25, 0.3) is 0 Å². The van der Waals surface area contributed by atoms with Gasteiger partial charge in [0.05, 0.1) is 11.6 Å². The standard InChI is InChI=1S/C16H12F3NO2/c17-16(18,19)13-7-5-11(6-8-13)10-1-3-12(4-2-10)14-9-22-15(21)20-14/h1-8,14H,9H2,(H,20,21)/t14-/m1/s1. The van der Waals surface area contributed by atoms with Crippen LogP contribution in [0.3, 0.4) is 0 Å². The first-order valence-corrected chi connectivity index (χ1v) is 6.64. The third kappa shape index (κ3) is 2.90. The highest BCUT2D eigenvalue weighted by Crippen LogP contribution is 2.31. The number of halogens is 3. The van der Waals surface area contributed by atoms with Crippen LogP contribution in [0, 0.1) is 0 Å². The average Bonchev–Trinajstić information content (AvgIpc) is 2.93. The van der Waals surface area contributed by atoms with E-state index >= 15 is 0 Å². The van der Waals surface area contributed by atoms with E-state index in [0.717, 1.165) is 23.3 Å². The molecule has 1 aliphatic rings. The first-order valence-electron chi connectivity index (χ1n) is 6.64. The van der Waals surface area contributed by atoms with Gasteiger partial charge in [0, 0.05) is 0 Å². The molecule has 1 fully saturated rings. The second-order valence-electron chi connectivity index (χ2n) is 4.99. The molecule has 0 unspecified atom stereocenters. The number of rotatable bonds is 2. The van der Waals surface area contributed by atoms with Crippen molar-refractivity contribution in [3.63, 3.8) is 0 Å². The Hall–Kier alpha value is -2.50. The zero-order valence-electron chi connectivity index (χ0n) is 11.4. The number of cyclic esters (lactones) is 1. The molecule has 0 spiro atoms. The molecule has 0 aromatic heterocycles. The highest BCUT2D eigenvalue weighted by Gasteiger charge is 2.30. The minimum Gasteiger partial charge on any atom is -0.447 e. The molecule has 114 valence electrons. The van der Waals surface area contributed by atoms with Crippen LogP contribution >= 0.6 is 0 Å². The Labute approximate surface area is 124 Å². The maximum absolute atomic E-state index is 12.5. The second kappa shape index (κ2) is 5.36. The smallest absolute Gasteiger partial charge is 0.416 e. The molecule has 0 bridgehead atoms. The molecule has 0 radical (unpaired) electrons. The molecule has 3 nitrogen and oxygen atoms in total. The summed E-state index contributed by atoms with van der Waals surface area (Å²) >= 11 is 0. The Kier molecular flexibility index (Phi) is 3.52. The molecule has 2 aromatic carbocycles. The summed E-state index contributed by atoms with van der Waals surface area (Å²) in [6.45, 7) is 0.276. The van der Waals surface area contributed by atoms with Crippen molar-refractivity contribution < 1.29 is 22.7 Å². The maximum atomic E-state index is 12.5. The van der Waals surface area contributed by atoms with Gasteiger partial charge in [0.1, 0.15) is 6.61 Å². The van der Waals surface area contributed by atoms with Gasteiger partial charge in [-0.2, -0.15) is 13.2 Å². The Balaban J connectivity index is 1.79. The van der Waals surface area contributed by atoms with E-state index in [9.17, 15) is 18.0 Å². The van der Waals surface area contributed by atoms with Crippen LogP contribution in [-0.2, 0) is 10.9 Å². The summed E-state index contributed by atoms with van der Waals surface area (Å²) in [6, 6.07) is 12.1. The van der Waals surface area contributed by atoms with E-state index in [1.807, 2.05) is 24.3 Å². The fourth-order valence-electron chi connectivity index (χ4n) is 2.32. The monoisotopic (exact) mass is 307 g/mol. The lowest BCUT2D eigenvalue weighted by Gasteiger charge is -2.10. The molecule has 3 rings (SSSR count). The van der Waals surface area contributed by atoms with E-state index in [0.29, 0.717) is 5.56 Å². The minimum absolute atomic E-state index is 0.186. The molecule has 0 aliphatic carbocycles. The lowest BCUT2D eigenvalue weighted by molar-refractivity contribution is -0.137. The highest BCUT2D eigenvalue weighted by atomic mass is 19.4. The Morgan fingerprint density at radius 1 is 0.955 bits per heavy atom. The number of hydrogen-bond donors (Lipinski definition) is 1. The van der Waals surface area contributed by atoms with Crippen LogP contribution in [0.5, 0.6) is 0 Å². The van der Waals surface area contributed by atoms with Crippen LogP contribution in [0.4, 0.5) is 18.0 Å². The maximum Gasteiger partial charge on any atom is 0.416 e. The molecule has 1 N–H and O–H groups in total. The predicted molar refractivity (Wildman–Crippen MR) is 74.1 cm³/mol. The largest absolute Gasteiger partial charge is 0.447 e. The van der Waals surface area contributed by atoms with Crippen molar-refractivity contribution in [3.8, 4) is 11.1 Å². The average molecular weight is 307 g/mol. The van der Waals surface area contributed by atoms with Gasteiger partial charge in [-0.15, -0.1) is 0 Å². The molecule has 1 atom stereocenters. The van der Waals surface area contributed by atoms with E-state index in [4.69, 9.17) is 4.74 Å². The van der Waals surface area contributed by atoms with Crippen LogP contribution in [-0.4, -0.2) is 12.7 Å². The number of benzene rings is 2. The lowest BCUT2D eigenvalue weighted by atomic mass is 10.0. The SMILES string of the molecule is O=C1N[C@@H](c2ccc(-c3ccc(C(F)(F)F)cc3)cc2)CO1. The minimum atomic E-state index is -4.33. The summed E-state index contributed by atoms with van der Waals surface area (Å²) < 4.78 is 42.4. The molecular weight excluding hydrogens is 295 g/mol. The summed E-state index contributed by atoms with van der Waals surface area (Å²) in [4.78, 5) is 11.0. The molecule has 0 saturated carbocycles. The predicted octanol–water partition coefficient (Wildman–Crippen LogP) is 4.15. The summed E-state index contributed by atoms with van der Waals surface area (Å²) in [7, 11) is 0. The number of alkyl carbamates (subject to hydrolysis) is 1. The van der Waals surface area contributed by atoms with E-state index in [1.165, 1.54) is 12.1 Å². The van der Waals surface area contributed by atoms with Gasteiger partial charge < -0.3 is 10.1 Å². The van der Waals surface area contributed by atoms with Gasteiger partial charge in [-0.25, -0.2) is 4.79 Å². The van der Waals surface area contributed by atoms with Gasteiger partial charge >= 0.3 is 12.3 Å². The van der Waals surface area contributed by atoms with Crippen molar-refractivity contribution >= 4 is 6.09 Å². The number of nitrogens with one attached hydrogen (secondary N) is 1. The Bertz CT molecular complexity index is 678. The molecule has 1 amide bonds. The fraction of sp³-hybridized carbons (Fsp3) is 0.188. The normalized spacial score (nSPS) is 18.0. The van der Waals surface area contributed by atoms with Gasteiger partial charge in [-0.05, 0) is 28.8 Å². The number of amides is 1. The molecule has 6 heteroatoms. The van der Waals surface area contributed by atoms with Crippen molar-refractivity contribution in [2.45, 2.75) is 12.2 Å². The van der Waals surface area contributed by atoms with Gasteiger partial charge in [-0.1, -0.05) is 36.4 Å². The van der Waals surface area contributed by atoms with Crippen molar-refractivity contribution in [2.75, 3.05) is 6.61 Å². The third-order valence-corrected chi connectivity index (χ3v) is 3.53. The molecule has 1 saturated heterocycles. The topological polar surface area (TPSA) is 38.3 Å². The second-order valence-corrected chi connectivity index (χ2v) is 4.99. The van der Waals surface area contributed by atoms with Crippen molar-refractivity contribution in [3.05, 3.63) is 59.7 Å². The van der Waals surface area contributed by atoms with Crippen LogP contribution in [0.25, 0.3) is 11.1 Å². The number of ether oxygens (including phenoxy) is 1. The summed E-state index contributed by atoms with van der Waals surface area (Å²) in [6.07, 6.45) is -4.78. The quantitative estimate of drug-likeness (QED) is 0.905. The Morgan fingerprint density at radius 3 is 1.95 bits per heavy atom. The van der Waals surface area contributed by atoms with Gasteiger partial charge in [0.2, 0.25) is 0 Å². The van der Waals surface area contributed by atoms with E-state index in [1.54, 1.807) is 0 Å². The van der Waals surface area contributed by atoms with Gasteiger partial charge in [-0.3, -0.25) is 0 Å². The first-order chi connectivity index (χ1) is 10.4. The summed E-state index contributed by atoms with van der Waals surface area (Å²) in [5, 5.41) is 2.67. The highest BCUT2D eigenvalue weighted by molar-refractivity contribution is 5.70. The van der Waals surface area contributed by atoms with Crippen molar-refractivity contribution in [1.29, 1.82) is 0 Å². The van der Waals surface area contributed by atoms with Crippen LogP contribution in [0.2, 0.25) is 0 Å². The molecular formula is C16H12F3NO2. The first kappa shape index (κ1) is 14.4. The molecule has 1 aliphatic heterocycles. The zero-order valence-corrected chi connectivity index (χ0v) is 11.4. The molecule has 1 heterocycles. The van der Waals surface area contributed by atoms with E-state index < -0.39 is 17.8 Å². The van der Waals surface area contributed by atoms with Crippen LogP contribution in [0.15, 0.2) is 48.5 Å². The van der Waals surface area contributed by atoms with Crippen molar-refractivity contribution in [1.82, 2.24) is 5.32 Å². The fourth-order valence-corrected chi connectivity index (χ4v) is 2.32. The number of carbonyl (C=O) groups excluding carboxylic acids is 1. The van der Waals surface area contributed by atoms with Crippen LogP contribution in [0.1, 0.15) is 17.2 Å². The number of hydrogen-bond acceptors (Lipinski definition) is 2. The molecule has 2 aromatic rings. The number of alkyl halides is 3. The Morgan fingerprint density at radius 2 is 1.50 bits per heavy atom. The number of carbonyl (C=O) groups is 1. The zero-order chi connectivity index (χ0) is 15.7. The third-order valence-electron chi connectivity index (χ3n) is 3.53. The van der Waals surface area contributed by atoms with E-state index in [2.05, 4.69) is 5.32 Å². The summed E-state index contributed by atoms with van der Waals surface area (Å²) in [5.41, 5.74) is 1.73. The lowest BCUT2D eigenvalue weighted by Crippen LogP contribution is -2.18. The summed E-state index contributed by atoms with van der Waals surface area (Å²) in [5.74, 6) is 0. The van der Waals surface area contributed by atoms with Gasteiger partial charge in [0.15, 0.2) is 0 Å². The van der Waals surface area contributed by atoms with Crippen molar-refractivity contribution in [2.24, 2.45) is 0 Å². The van der Waals surface area contributed by atoms with E-state index in [-0.39, 0.29) is 12.6 Å².